The van der Waals surface area contributed by atoms with Gasteiger partial charge < -0.3 is 4.90 Å². The van der Waals surface area contributed by atoms with E-state index in [0.29, 0.717) is 0 Å². The highest BCUT2D eigenvalue weighted by atomic mass is 32.1. The van der Waals surface area contributed by atoms with Crippen molar-refractivity contribution in [3.63, 3.8) is 0 Å². The first-order valence-electron chi connectivity index (χ1n) is 15.4. The normalized spacial score (nSPS) is 13.5. The Morgan fingerprint density at radius 3 is 1.71 bits per heavy atom. The highest BCUT2D eigenvalue weighted by molar-refractivity contribution is 7.25. The topological polar surface area (TPSA) is 16.1 Å². The average Bonchev–Trinajstić information content (AvgIpc) is 3.72. The molecule has 0 bridgehead atoms. The third-order valence-electron chi connectivity index (χ3n) is 9.75. The molecule has 2 heterocycles. The molecule has 0 saturated heterocycles. The van der Waals surface area contributed by atoms with E-state index in [4.69, 9.17) is 0 Å². The summed E-state index contributed by atoms with van der Waals surface area (Å²) in [6.45, 7) is 0. The van der Waals surface area contributed by atoms with Crippen molar-refractivity contribution in [3.05, 3.63) is 180 Å². The van der Waals surface area contributed by atoms with E-state index in [1.807, 2.05) is 29.8 Å². The van der Waals surface area contributed by atoms with Crippen molar-refractivity contribution >= 4 is 48.6 Å². The van der Waals surface area contributed by atoms with Crippen LogP contribution in [0.1, 0.15) is 22.3 Å². The highest BCUT2D eigenvalue weighted by Gasteiger charge is 2.51. The number of pyridine rings is 1. The van der Waals surface area contributed by atoms with Gasteiger partial charge in [0.2, 0.25) is 0 Å². The fraction of sp³-hybridized carbons (Fsp3) is 0.0238. The van der Waals surface area contributed by atoms with Gasteiger partial charge in [0, 0.05) is 37.7 Å². The number of fused-ring (bicyclic) bond motifs is 13. The van der Waals surface area contributed by atoms with Crippen LogP contribution in [0, 0.1) is 0 Å². The molecule has 0 unspecified atom stereocenters. The van der Waals surface area contributed by atoms with Crippen LogP contribution in [-0.2, 0) is 5.41 Å². The molecule has 210 valence electrons. The lowest BCUT2D eigenvalue weighted by Crippen LogP contribution is -2.25. The fourth-order valence-electron chi connectivity index (χ4n) is 8.00. The van der Waals surface area contributed by atoms with E-state index in [9.17, 15) is 0 Å². The molecule has 0 N–H and O–H groups in total. The Kier molecular flexibility index (Phi) is 5.11. The van der Waals surface area contributed by atoms with Gasteiger partial charge in [-0.1, -0.05) is 91.0 Å². The molecule has 0 saturated carbocycles. The van der Waals surface area contributed by atoms with Gasteiger partial charge in [-0.2, -0.15) is 0 Å². The van der Waals surface area contributed by atoms with Crippen molar-refractivity contribution in [2.45, 2.75) is 5.41 Å². The maximum absolute atomic E-state index is 4.45. The average molecular weight is 591 g/mol. The summed E-state index contributed by atoms with van der Waals surface area (Å²) in [7, 11) is 0. The number of anilines is 3. The lowest BCUT2D eigenvalue weighted by molar-refractivity contribution is 0.795. The second kappa shape index (κ2) is 9.25. The van der Waals surface area contributed by atoms with Crippen molar-refractivity contribution in [2.75, 3.05) is 4.90 Å². The van der Waals surface area contributed by atoms with Gasteiger partial charge in [-0.05, 0) is 99.1 Å². The van der Waals surface area contributed by atoms with Gasteiger partial charge in [0.05, 0.1) is 17.3 Å². The molecule has 0 fully saturated rings. The minimum absolute atomic E-state index is 0.320. The molecule has 45 heavy (non-hydrogen) atoms. The molecule has 0 radical (unpaired) electrons. The summed E-state index contributed by atoms with van der Waals surface area (Å²) in [5.74, 6) is 0. The summed E-state index contributed by atoms with van der Waals surface area (Å²) in [4.78, 5) is 6.74. The third-order valence-corrected chi connectivity index (χ3v) is 10.9. The SMILES string of the molecule is c1ccc(N(c2cccnc2)c2ccc3sc4cc5c(cc4c3c2)-c2ccccc2C52c3ccccc3-c3ccccc32)cc1. The van der Waals surface area contributed by atoms with Crippen molar-refractivity contribution in [3.8, 4) is 22.3 Å². The quantitative estimate of drug-likeness (QED) is 0.203. The monoisotopic (exact) mass is 590 g/mol. The lowest BCUT2D eigenvalue weighted by atomic mass is 9.70. The maximum Gasteiger partial charge on any atom is 0.0726 e. The van der Waals surface area contributed by atoms with Crippen LogP contribution in [0.25, 0.3) is 42.4 Å². The van der Waals surface area contributed by atoms with Gasteiger partial charge in [0.15, 0.2) is 0 Å². The standard InChI is InChI=1S/C42H26N2S/c1-2-11-27(12-3-1)44(29-13-10-22-43-26-29)28-20-21-40-34(23-28)35-24-33-32-16-6-9-19-38(32)42(39(33)25-41(35)45-40)36-17-7-4-14-30(36)31-15-5-8-18-37(31)42/h1-26H. The zero-order valence-electron chi connectivity index (χ0n) is 24.3. The van der Waals surface area contributed by atoms with Crippen molar-refractivity contribution in [1.82, 2.24) is 4.98 Å². The molecular formula is C42H26N2S. The smallest absolute Gasteiger partial charge is 0.0726 e. The summed E-state index contributed by atoms with van der Waals surface area (Å²) in [5.41, 5.74) is 13.8. The molecule has 0 atom stereocenters. The molecule has 6 aromatic carbocycles. The van der Waals surface area contributed by atoms with E-state index in [1.165, 1.54) is 64.7 Å². The van der Waals surface area contributed by atoms with E-state index in [2.05, 4.69) is 149 Å². The predicted octanol–water partition coefficient (Wildman–Crippen LogP) is 11.3. The summed E-state index contributed by atoms with van der Waals surface area (Å²) in [5, 5.41) is 2.59. The van der Waals surface area contributed by atoms with Crippen molar-refractivity contribution < 1.29 is 0 Å². The van der Waals surface area contributed by atoms with Crippen LogP contribution in [0.2, 0.25) is 0 Å². The molecule has 8 aromatic rings. The second-order valence-corrected chi connectivity index (χ2v) is 13.0. The number of benzene rings is 6. The van der Waals surface area contributed by atoms with Gasteiger partial charge in [0.1, 0.15) is 0 Å². The molecular weight excluding hydrogens is 565 g/mol. The van der Waals surface area contributed by atoms with Crippen LogP contribution in [0.3, 0.4) is 0 Å². The number of thiophene rings is 1. The number of hydrogen-bond donors (Lipinski definition) is 0. The molecule has 2 aliphatic carbocycles. The summed E-state index contributed by atoms with van der Waals surface area (Å²) >= 11 is 1.89. The largest absolute Gasteiger partial charge is 0.309 e. The van der Waals surface area contributed by atoms with Gasteiger partial charge in [-0.15, -0.1) is 11.3 Å². The van der Waals surface area contributed by atoms with E-state index >= 15 is 0 Å². The van der Waals surface area contributed by atoms with Crippen LogP contribution in [-0.4, -0.2) is 4.98 Å². The second-order valence-electron chi connectivity index (χ2n) is 11.9. The Bertz CT molecular complexity index is 2360. The third kappa shape index (κ3) is 3.31. The first-order chi connectivity index (χ1) is 22.3. The zero-order valence-corrected chi connectivity index (χ0v) is 25.1. The molecule has 0 amide bonds. The number of aromatic nitrogens is 1. The Morgan fingerprint density at radius 2 is 1.04 bits per heavy atom. The van der Waals surface area contributed by atoms with E-state index in [1.54, 1.807) is 0 Å². The lowest BCUT2D eigenvalue weighted by Gasteiger charge is -2.30. The number of para-hydroxylation sites is 1. The molecule has 10 rings (SSSR count). The van der Waals surface area contributed by atoms with Crippen LogP contribution in [0.5, 0.6) is 0 Å². The molecule has 1 spiro atoms. The van der Waals surface area contributed by atoms with Crippen LogP contribution >= 0.6 is 11.3 Å². The zero-order chi connectivity index (χ0) is 29.5. The summed E-state index contributed by atoms with van der Waals surface area (Å²) < 4.78 is 2.62. The summed E-state index contributed by atoms with van der Waals surface area (Å²) in [6.07, 6.45) is 3.76. The number of rotatable bonds is 3. The van der Waals surface area contributed by atoms with E-state index < -0.39 is 0 Å². The predicted molar refractivity (Wildman–Crippen MR) is 188 cm³/mol. The Morgan fingerprint density at radius 1 is 0.444 bits per heavy atom. The van der Waals surface area contributed by atoms with E-state index in [-0.39, 0.29) is 5.41 Å². The van der Waals surface area contributed by atoms with Gasteiger partial charge >= 0.3 is 0 Å². The first-order valence-corrected chi connectivity index (χ1v) is 16.2. The van der Waals surface area contributed by atoms with Crippen LogP contribution < -0.4 is 4.90 Å². The highest BCUT2D eigenvalue weighted by Crippen LogP contribution is 2.63. The van der Waals surface area contributed by atoms with Crippen molar-refractivity contribution in [2.24, 2.45) is 0 Å². The minimum atomic E-state index is -0.320. The van der Waals surface area contributed by atoms with Crippen LogP contribution in [0.15, 0.2) is 158 Å². The van der Waals surface area contributed by atoms with Gasteiger partial charge in [-0.3, -0.25) is 4.98 Å². The molecule has 2 aromatic heterocycles. The van der Waals surface area contributed by atoms with Gasteiger partial charge in [-0.25, -0.2) is 0 Å². The van der Waals surface area contributed by atoms with Crippen LogP contribution in [0.4, 0.5) is 17.1 Å². The number of nitrogens with zero attached hydrogens (tertiary/aromatic N) is 2. The Labute approximate surface area is 265 Å². The molecule has 2 aliphatic rings. The maximum atomic E-state index is 4.45. The van der Waals surface area contributed by atoms with Crippen molar-refractivity contribution in [1.29, 1.82) is 0 Å². The molecule has 0 aliphatic heterocycles. The van der Waals surface area contributed by atoms with Gasteiger partial charge in [0.25, 0.3) is 0 Å². The summed E-state index contributed by atoms with van der Waals surface area (Å²) in [6, 6.07) is 53.6. The molecule has 2 nitrogen and oxygen atoms in total. The first kappa shape index (κ1) is 24.9. The number of hydrogen-bond acceptors (Lipinski definition) is 3. The Hall–Kier alpha value is -5.51. The fourth-order valence-corrected chi connectivity index (χ4v) is 9.11. The van der Waals surface area contributed by atoms with E-state index in [0.717, 1.165) is 17.1 Å². The minimum Gasteiger partial charge on any atom is -0.309 e. The molecule has 3 heteroatoms. The Balaban J connectivity index is 1.25.